The number of aliphatic hydroxyl groups is 1. The molecule has 0 aliphatic rings. The van der Waals surface area contributed by atoms with Crippen molar-refractivity contribution in [3.05, 3.63) is 27.9 Å². The maximum absolute atomic E-state index is 11.5. The smallest absolute Gasteiger partial charge is 0.310 e. The molecule has 0 fully saturated rings. The van der Waals surface area contributed by atoms with Gasteiger partial charge in [0.25, 0.3) is 0 Å². The van der Waals surface area contributed by atoms with E-state index in [1.165, 1.54) is 6.07 Å². The first-order valence-corrected chi connectivity index (χ1v) is 5.18. The average molecular weight is 263 g/mol. The van der Waals surface area contributed by atoms with Crippen LogP contribution in [0.1, 0.15) is 6.23 Å². The maximum atomic E-state index is 11.5. The molecule has 7 heteroatoms. The molecule has 88 valence electrons. The largest absolute Gasteiger partial charge is 0.506 e. The molecule has 0 bridgehead atoms. The second kappa shape index (κ2) is 4.84. The Balaban J connectivity index is 0.00000128. The Labute approximate surface area is 101 Å². The van der Waals surface area contributed by atoms with Crippen LogP contribution in [0, 0.1) is 0 Å². The maximum Gasteiger partial charge on any atom is 0.310 e. The van der Waals surface area contributed by atoms with Gasteiger partial charge in [0.15, 0.2) is 0 Å². The Morgan fingerprint density at radius 2 is 2.19 bits per heavy atom. The zero-order valence-corrected chi connectivity index (χ0v) is 9.79. The van der Waals surface area contributed by atoms with Crippen LogP contribution in [0.2, 0.25) is 0 Å². The molecule has 0 aliphatic carbocycles. The minimum Gasteiger partial charge on any atom is -0.506 e. The van der Waals surface area contributed by atoms with Crippen molar-refractivity contribution in [2.75, 3.05) is 6.54 Å². The quantitative estimate of drug-likeness (QED) is 0.741. The van der Waals surface area contributed by atoms with Crippen molar-refractivity contribution in [2.45, 2.75) is 6.23 Å². The molecule has 1 heterocycles. The molecule has 4 N–H and O–H groups in total. The Morgan fingerprint density at radius 3 is 2.81 bits per heavy atom. The molecule has 5 nitrogen and oxygen atoms in total. The number of aliphatic hydroxyl groups excluding tert-OH is 1. The number of para-hydroxylation sites is 1. The topological polar surface area (TPSA) is 88.5 Å². The van der Waals surface area contributed by atoms with E-state index >= 15 is 0 Å². The first kappa shape index (κ1) is 13.0. The summed E-state index contributed by atoms with van der Waals surface area (Å²) < 4.78 is 1.74. The fourth-order valence-corrected chi connectivity index (χ4v) is 2.39. The third kappa shape index (κ3) is 1.92. The standard InChI is InChI=1S/C9H10N2O3S.ClH/c10-4-7(13)11-8-5(12)2-1-3-6(8)15-9(11)14;/h1-3,7,12-13H,4,10H2;1H. The molecule has 1 unspecified atom stereocenters. The van der Waals surface area contributed by atoms with Crippen molar-refractivity contribution in [3.63, 3.8) is 0 Å². The lowest BCUT2D eigenvalue weighted by molar-refractivity contribution is 0.115. The summed E-state index contributed by atoms with van der Waals surface area (Å²) in [7, 11) is 0. The van der Waals surface area contributed by atoms with Crippen molar-refractivity contribution in [3.8, 4) is 5.75 Å². The SMILES string of the molecule is Cl.NCC(O)n1c(=O)sc2cccc(O)c21. The van der Waals surface area contributed by atoms with Crippen LogP contribution in [-0.4, -0.2) is 21.3 Å². The summed E-state index contributed by atoms with van der Waals surface area (Å²) in [5, 5.41) is 19.2. The molecule has 2 aromatic rings. The van der Waals surface area contributed by atoms with Gasteiger partial charge in [-0.05, 0) is 12.1 Å². The van der Waals surface area contributed by atoms with Gasteiger partial charge in [-0.3, -0.25) is 9.36 Å². The zero-order chi connectivity index (χ0) is 11.0. The highest BCUT2D eigenvalue weighted by Crippen LogP contribution is 2.27. The van der Waals surface area contributed by atoms with Crippen molar-refractivity contribution in [1.29, 1.82) is 0 Å². The average Bonchev–Trinajstić information content (AvgIpc) is 2.55. The third-order valence-corrected chi connectivity index (χ3v) is 3.04. The monoisotopic (exact) mass is 262 g/mol. The summed E-state index contributed by atoms with van der Waals surface area (Å²) in [6, 6.07) is 4.82. The number of aromatic nitrogens is 1. The third-order valence-electron chi connectivity index (χ3n) is 2.12. The summed E-state index contributed by atoms with van der Waals surface area (Å²) in [6.45, 7) is -0.0694. The van der Waals surface area contributed by atoms with Crippen molar-refractivity contribution in [1.82, 2.24) is 4.57 Å². The van der Waals surface area contributed by atoms with Crippen LogP contribution in [0.4, 0.5) is 0 Å². The Hall–Kier alpha value is -1.08. The van der Waals surface area contributed by atoms with Gasteiger partial charge in [-0.1, -0.05) is 17.4 Å². The van der Waals surface area contributed by atoms with Crippen LogP contribution in [0.15, 0.2) is 23.0 Å². The van der Waals surface area contributed by atoms with Gasteiger partial charge in [0, 0.05) is 6.54 Å². The normalized spacial score (nSPS) is 12.4. The minimum atomic E-state index is -1.10. The fraction of sp³-hybridized carbons (Fsp3) is 0.222. The molecule has 0 amide bonds. The first-order valence-electron chi connectivity index (χ1n) is 4.36. The summed E-state index contributed by atoms with van der Waals surface area (Å²) in [6.07, 6.45) is -1.10. The predicted molar refractivity (Wildman–Crippen MR) is 65.3 cm³/mol. The molecule has 16 heavy (non-hydrogen) atoms. The van der Waals surface area contributed by atoms with Gasteiger partial charge in [-0.2, -0.15) is 0 Å². The summed E-state index contributed by atoms with van der Waals surface area (Å²) >= 11 is 0.968. The number of fused-ring (bicyclic) bond motifs is 1. The molecule has 2 rings (SSSR count). The molecule has 1 aromatic carbocycles. The Morgan fingerprint density at radius 1 is 1.50 bits per heavy atom. The van der Waals surface area contributed by atoms with Gasteiger partial charge < -0.3 is 15.9 Å². The molecule has 0 aliphatic heterocycles. The number of phenols is 1. The van der Waals surface area contributed by atoms with Gasteiger partial charge in [-0.15, -0.1) is 12.4 Å². The second-order valence-corrected chi connectivity index (χ2v) is 4.07. The van der Waals surface area contributed by atoms with E-state index in [2.05, 4.69) is 0 Å². The summed E-state index contributed by atoms with van der Waals surface area (Å²) in [5.74, 6) is -0.0293. The van der Waals surface area contributed by atoms with Gasteiger partial charge in [0.1, 0.15) is 17.5 Å². The van der Waals surface area contributed by atoms with Crippen molar-refractivity contribution in [2.24, 2.45) is 5.73 Å². The van der Waals surface area contributed by atoms with Crippen molar-refractivity contribution < 1.29 is 10.2 Å². The molecule has 0 saturated heterocycles. The van der Waals surface area contributed by atoms with Crippen molar-refractivity contribution >= 4 is 34.0 Å². The lowest BCUT2D eigenvalue weighted by atomic mass is 10.3. The Bertz CT molecular complexity index is 551. The van der Waals surface area contributed by atoms with Gasteiger partial charge in [0.05, 0.1) is 4.70 Å². The number of aromatic hydroxyl groups is 1. The van der Waals surface area contributed by atoms with Gasteiger partial charge in [0.2, 0.25) is 0 Å². The number of thiazole rings is 1. The van der Waals surface area contributed by atoms with E-state index in [0.29, 0.717) is 10.2 Å². The highest BCUT2D eigenvalue weighted by Gasteiger charge is 2.15. The number of phenolic OH excluding ortho intramolecular Hbond substituents is 1. The molecule has 0 radical (unpaired) electrons. The summed E-state index contributed by atoms with van der Waals surface area (Å²) in [5.41, 5.74) is 5.62. The van der Waals surface area contributed by atoms with E-state index in [-0.39, 0.29) is 29.6 Å². The predicted octanol–water partition coefficient (Wildman–Crippen LogP) is 0.640. The molecule has 1 atom stereocenters. The molecular formula is C9H11ClN2O3S. The van der Waals surface area contributed by atoms with Crippen LogP contribution in [0.3, 0.4) is 0 Å². The number of halogens is 1. The van der Waals surface area contributed by atoms with E-state index in [1.54, 1.807) is 12.1 Å². The van der Waals surface area contributed by atoms with Crippen LogP contribution in [0.25, 0.3) is 10.2 Å². The number of hydrogen-bond donors (Lipinski definition) is 3. The number of nitrogens with zero attached hydrogens (tertiary/aromatic N) is 1. The van der Waals surface area contributed by atoms with Crippen LogP contribution < -0.4 is 10.6 Å². The first-order chi connectivity index (χ1) is 7.15. The zero-order valence-electron chi connectivity index (χ0n) is 8.16. The molecule has 1 aromatic heterocycles. The molecular weight excluding hydrogens is 252 g/mol. The van der Waals surface area contributed by atoms with Crippen LogP contribution in [-0.2, 0) is 0 Å². The van der Waals surface area contributed by atoms with E-state index in [0.717, 1.165) is 15.9 Å². The highest BCUT2D eigenvalue weighted by atomic mass is 35.5. The number of hydrogen-bond acceptors (Lipinski definition) is 5. The fourth-order valence-electron chi connectivity index (χ4n) is 1.45. The van der Waals surface area contributed by atoms with Gasteiger partial charge >= 0.3 is 4.87 Å². The molecule has 0 saturated carbocycles. The van der Waals surface area contributed by atoms with E-state index in [9.17, 15) is 15.0 Å². The van der Waals surface area contributed by atoms with Crippen LogP contribution >= 0.6 is 23.7 Å². The number of benzene rings is 1. The lowest BCUT2D eigenvalue weighted by Gasteiger charge is -2.10. The Kier molecular flexibility index (Phi) is 3.93. The van der Waals surface area contributed by atoms with Crippen LogP contribution in [0.5, 0.6) is 5.75 Å². The van der Waals surface area contributed by atoms with E-state index < -0.39 is 6.23 Å². The van der Waals surface area contributed by atoms with Gasteiger partial charge in [-0.25, -0.2) is 0 Å². The van der Waals surface area contributed by atoms with E-state index in [1.807, 2.05) is 0 Å². The number of nitrogens with two attached hydrogens (primary N) is 1. The molecule has 0 spiro atoms. The minimum absolute atomic E-state index is 0. The number of rotatable bonds is 2. The van der Waals surface area contributed by atoms with E-state index in [4.69, 9.17) is 5.73 Å². The summed E-state index contributed by atoms with van der Waals surface area (Å²) in [4.78, 5) is 11.2. The lowest BCUT2D eigenvalue weighted by Crippen LogP contribution is -2.25. The highest BCUT2D eigenvalue weighted by molar-refractivity contribution is 7.16. The second-order valence-electron chi connectivity index (χ2n) is 3.08.